The van der Waals surface area contributed by atoms with E-state index < -0.39 is 11.5 Å². The molecule has 4 N–H and O–H groups in total. The first-order chi connectivity index (χ1) is 8.38. The summed E-state index contributed by atoms with van der Waals surface area (Å²) in [6.45, 7) is 2.19. The lowest BCUT2D eigenvalue weighted by Gasteiger charge is -2.19. The molecule has 0 bridgehead atoms. The molecule has 98 valence electrons. The van der Waals surface area contributed by atoms with Crippen LogP contribution in [0.1, 0.15) is 18.1 Å². The van der Waals surface area contributed by atoms with Gasteiger partial charge >= 0.3 is 5.97 Å². The van der Waals surface area contributed by atoms with E-state index in [0.29, 0.717) is 13.0 Å². The number of hydrogen-bond donors (Lipinski definition) is 3. The van der Waals surface area contributed by atoms with Crippen molar-refractivity contribution in [2.75, 3.05) is 6.61 Å². The maximum Gasteiger partial charge on any atom is 0.323 e. The second-order valence-corrected chi connectivity index (χ2v) is 5.02. The highest BCUT2D eigenvalue weighted by Crippen LogP contribution is 2.25. The van der Waals surface area contributed by atoms with E-state index in [1.54, 1.807) is 18.2 Å². The van der Waals surface area contributed by atoms with Crippen molar-refractivity contribution in [3.05, 3.63) is 29.3 Å². The lowest BCUT2D eigenvalue weighted by atomic mass is 9.92. The third-order valence-electron chi connectivity index (χ3n) is 3.05. The molecule has 0 saturated carbocycles. The van der Waals surface area contributed by atoms with Crippen LogP contribution in [0.25, 0.3) is 0 Å². The molecule has 1 aromatic rings. The van der Waals surface area contributed by atoms with E-state index in [-0.39, 0.29) is 18.3 Å². The molecule has 1 fully saturated rings. The number of epoxide rings is 1. The quantitative estimate of drug-likeness (QED) is 0.669. The lowest BCUT2D eigenvalue weighted by molar-refractivity contribution is -0.142. The molecule has 18 heavy (non-hydrogen) atoms. The van der Waals surface area contributed by atoms with E-state index >= 15 is 0 Å². The second-order valence-electron chi connectivity index (χ2n) is 5.02. The van der Waals surface area contributed by atoms with Gasteiger partial charge in [0.2, 0.25) is 0 Å². The Balaban J connectivity index is 2.15. The zero-order chi connectivity index (χ0) is 13.3. The molecule has 5 nitrogen and oxygen atoms in total. The summed E-state index contributed by atoms with van der Waals surface area (Å²) in [7, 11) is 0. The van der Waals surface area contributed by atoms with Gasteiger partial charge < -0.3 is 20.7 Å². The number of aromatic hydroxyl groups is 1. The first-order valence-electron chi connectivity index (χ1n) is 5.83. The Hall–Kier alpha value is -1.59. The summed E-state index contributed by atoms with van der Waals surface area (Å²) in [5.41, 5.74) is 5.98. The number of carboxylic acids is 1. The molecule has 0 spiro atoms. The van der Waals surface area contributed by atoms with E-state index in [1.807, 2.05) is 0 Å². The van der Waals surface area contributed by atoms with E-state index in [9.17, 15) is 9.90 Å². The number of nitrogens with two attached hydrogens (primary N) is 1. The highest BCUT2D eigenvalue weighted by Gasteiger charge is 2.29. The Labute approximate surface area is 105 Å². The van der Waals surface area contributed by atoms with Gasteiger partial charge in [-0.1, -0.05) is 12.1 Å². The fourth-order valence-electron chi connectivity index (χ4n) is 1.84. The number of carboxylic acid groups (broad SMARTS) is 1. The molecule has 1 aromatic carbocycles. The van der Waals surface area contributed by atoms with E-state index in [0.717, 1.165) is 11.1 Å². The van der Waals surface area contributed by atoms with Crippen LogP contribution in [-0.4, -0.2) is 34.4 Å². The molecular formula is C13H17NO4. The van der Waals surface area contributed by atoms with Crippen LogP contribution in [0.2, 0.25) is 0 Å². The van der Waals surface area contributed by atoms with Crippen LogP contribution in [0.4, 0.5) is 0 Å². The van der Waals surface area contributed by atoms with Crippen molar-refractivity contribution in [2.24, 2.45) is 5.73 Å². The van der Waals surface area contributed by atoms with Gasteiger partial charge in [0.25, 0.3) is 0 Å². The smallest absolute Gasteiger partial charge is 0.323 e. The van der Waals surface area contributed by atoms with Crippen LogP contribution in [-0.2, 0) is 22.4 Å². The first kappa shape index (κ1) is 12.9. The average Bonchev–Trinajstić information content (AvgIpc) is 3.06. The number of ether oxygens (including phenoxy) is 1. The molecule has 0 unspecified atom stereocenters. The summed E-state index contributed by atoms with van der Waals surface area (Å²) in [5, 5.41) is 18.7. The van der Waals surface area contributed by atoms with Crippen molar-refractivity contribution in [3.63, 3.8) is 0 Å². The van der Waals surface area contributed by atoms with E-state index in [1.165, 1.54) is 6.92 Å². The number of rotatable bonds is 5. The van der Waals surface area contributed by atoms with Crippen LogP contribution in [0.3, 0.4) is 0 Å². The first-order valence-corrected chi connectivity index (χ1v) is 5.83. The zero-order valence-corrected chi connectivity index (χ0v) is 10.2. The summed E-state index contributed by atoms with van der Waals surface area (Å²) in [4.78, 5) is 11.0. The molecular weight excluding hydrogens is 234 g/mol. The minimum Gasteiger partial charge on any atom is -0.508 e. The van der Waals surface area contributed by atoms with Crippen molar-refractivity contribution < 1.29 is 19.7 Å². The molecule has 0 aromatic heterocycles. The molecule has 0 aliphatic carbocycles. The van der Waals surface area contributed by atoms with Crippen molar-refractivity contribution in [2.45, 2.75) is 31.4 Å². The highest BCUT2D eigenvalue weighted by molar-refractivity contribution is 5.78. The fraction of sp³-hybridized carbons (Fsp3) is 0.462. The van der Waals surface area contributed by atoms with Gasteiger partial charge in [0, 0.05) is 12.8 Å². The van der Waals surface area contributed by atoms with Crippen LogP contribution in [0, 0.1) is 0 Å². The molecule has 1 aliphatic rings. The maximum atomic E-state index is 11.0. The highest BCUT2D eigenvalue weighted by atomic mass is 16.6. The molecule has 2 rings (SSSR count). The summed E-state index contributed by atoms with van der Waals surface area (Å²) in [6, 6.07) is 5.07. The molecule has 5 heteroatoms. The predicted octanol–water partition coefficient (Wildman–Crippen LogP) is 0.678. The van der Waals surface area contributed by atoms with E-state index in [4.69, 9.17) is 15.6 Å². The van der Waals surface area contributed by atoms with Crippen LogP contribution < -0.4 is 5.73 Å². The summed E-state index contributed by atoms with van der Waals surface area (Å²) in [6.07, 6.45) is 1.05. The normalized spacial score (nSPS) is 21.3. The SMILES string of the molecule is C[C@](N)(Cc1ccc(O)c(C[C@H]2CO2)c1)C(=O)O. The third kappa shape index (κ3) is 3.00. The Morgan fingerprint density at radius 1 is 1.61 bits per heavy atom. The number of phenols is 1. The summed E-state index contributed by atoms with van der Waals surface area (Å²) >= 11 is 0. The standard InChI is InChI=1S/C13H17NO4/c1-13(14,12(16)17)6-8-2-3-11(15)9(4-8)5-10-7-18-10/h2-4,10,15H,5-7,14H2,1H3,(H,16,17)/t10-,13-/m0/s1. The number of phenolic OH excluding ortho intramolecular Hbond substituents is 1. The average molecular weight is 251 g/mol. The van der Waals surface area contributed by atoms with E-state index in [2.05, 4.69) is 0 Å². The molecule has 2 atom stereocenters. The van der Waals surface area contributed by atoms with Gasteiger partial charge in [-0.3, -0.25) is 4.79 Å². The molecule has 1 aliphatic heterocycles. The van der Waals surface area contributed by atoms with Gasteiger partial charge in [0.05, 0.1) is 12.7 Å². The van der Waals surface area contributed by atoms with Gasteiger partial charge in [-0.15, -0.1) is 0 Å². The monoisotopic (exact) mass is 251 g/mol. The van der Waals surface area contributed by atoms with Crippen molar-refractivity contribution in [3.8, 4) is 5.75 Å². The fourth-order valence-corrected chi connectivity index (χ4v) is 1.84. The summed E-state index contributed by atoms with van der Waals surface area (Å²) in [5.74, 6) is -0.828. The predicted molar refractivity (Wildman–Crippen MR) is 65.5 cm³/mol. The van der Waals surface area contributed by atoms with Crippen LogP contribution in [0.15, 0.2) is 18.2 Å². The molecule has 0 radical (unpaired) electrons. The number of hydrogen-bond acceptors (Lipinski definition) is 4. The van der Waals surface area contributed by atoms with Gasteiger partial charge in [-0.2, -0.15) is 0 Å². The Kier molecular flexibility index (Phi) is 3.28. The zero-order valence-electron chi connectivity index (χ0n) is 10.2. The minimum absolute atomic E-state index is 0.176. The Bertz CT molecular complexity index is 466. The third-order valence-corrected chi connectivity index (χ3v) is 3.05. The summed E-state index contributed by atoms with van der Waals surface area (Å²) < 4.78 is 5.12. The van der Waals surface area contributed by atoms with Gasteiger partial charge in [-0.05, 0) is 24.1 Å². The number of benzene rings is 1. The largest absolute Gasteiger partial charge is 0.508 e. The second kappa shape index (κ2) is 4.59. The van der Waals surface area contributed by atoms with Crippen LogP contribution in [0.5, 0.6) is 5.75 Å². The van der Waals surface area contributed by atoms with Crippen molar-refractivity contribution in [1.82, 2.24) is 0 Å². The van der Waals surface area contributed by atoms with Gasteiger partial charge in [0.1, 0.15) is 11.3 Å². The van der Waals surface area contributed by atoms with Crippen LogP contribution >= 0.6 is 0 Å². The number of aliphatic carboxylic acids is 1. The Morgan fingerprint density at radius 3 is 2.83 bits per heavy atom. The van der Waals surface area contributed by atoms with Gasteiger partial charge in [-0.25, -0.2) is 0 Å². The van der Waals surface area contributed by atoms with Gasteiger partial charge in [0.15, 0.2) is 0 Å². The van der Waals surface area contributed by atoms with Crippen molar-refractivity contribution in [1.29, 1.82) is 0 Å². The Morgan fingerprint density at radius 2 is 2.28 bits per heavy atom. The lowest BCUT2D eigenvalue weighted by Crippen LogP contribution is -2.46. The number of carbonyl (C=O) groups is 1. The maximum absolute atomic E-state index is 11.0. The minimum atomic E-state index is -1.30. The van der Waals surface area contributed by atoms with Crippen molar-refractivity contribution >= 4 is 5.97 Å². The molecule has 0 amide bonds. The molecule has 1 saturated heterocycles. The molecule has 1 heterocycles. The topological polar surface area (TPSA) is 96.1 Å².